The summed E-state index contributed by atoms with van der Waals surface area (Å²) in [6.45, 7) is 7.14. The molecule has 3 aromatic rings. The van der Waals surface area contributed by atoms with Crippen LogP contribution < -0.4 is 26.4 Å². The zero-order valence-electron chi connectivity index (χ0n) is 14.9. The molecule has 0 aliphatic rings. The average Bonchev–Trinajstić information content (AvgIpc) is 3.16. The third-order valence-corrected chi connectivity index (χ3v) is 4.65. The van der Waals surface area contributed by atoms with Gasteiger partial charge in [0.25, 0.3) is 0 Å². The Morgan fingerprint density at radius 2 is 1.96 bits per heavy atom. The predicted octanol–water partition coefficient (Wildman–Crippen LogP) is 1.68. The van der Waals surface area contributed by atoms with E-state index in [0.29, 0.717) is 5.13 Å². The smallest absolute Gasteiger partial charge is 0.229 e. The van der Waals surface area contributed by atoms with Crippen LogP contribution in [0, 0.1) is 6.92 Å². The Morgan fingerprint density at radius 1 is 1.15 bits per heavy atom. The summed E-state index contributed by atoms with van der Waals surface area (Å²) in [7, 11) is 0. The van der Waals surface area contributed by atoms with Gasteiger partial charge in [0.1, 0.15) is 0 Å². The minimum absolute atomic E-state index is 0. The maximum absolute atomic E-state index is 4.32. The van der Waals surface area contributed by atoms with Gasteiger partial charge in [0.05, 0.1) is 12.2 Å². The molecule has 2 aromatic heterocycles. The van der Waals surface area contributed by atoms with E-state index in [9.17, 15) is 0 Å². The summed E-state index contributed by atoms with van der Waals surface area (Å²) < 4.78 is 2.20. The number of hydrogen-bond acceptors (Lipinski definition) is 5. The van der Waals surface area contributed by atoms with Gasteiger partial charge < -0.3 is 21.9 Å². The number of nitrogens with zero attached hydrogens (tertiary/aromatic N) is 5. The fraction of sp³-hybridized carbons (Fsp3) is 0.263. The molecule has 0 fully saturated rings. The molecule has 0 N–H and O–H groups in total. The van der Waals surface area contributed by atoms with Crippen LogP contribution in [0.2, 0.25) is 0 Å². The SMILES string of the molecule is CCN(CC[n+]1ccccc1)c1ccc(/N=N/c2nccs2)c(C)c1.[Br-]. The van der Waals surface area contributed by atoms with Crippen LogP contribution in [0.5, 0.6) is 0 Å². The zero-order valence-corrected chi connectivity index (χ0v) is 17.3. The van der Waals surface area contributed by atoms with Crippen molar-refractivity contribution in [2.24, 2.45) is 10.2 Å². The molecule has 0 unspecified atom stereocenters. The molecule has 0 saturated heterocycles. The van der Waals surface area contributed by atoms with Crippen LogP contribution in [0.4, 0.5) is 16.5 Å². The average molecular weight is 432 g/mol. The highest BCUT2D eigenvalue weighted by Gasteiger charge is 2.09. The Balaban J connectivity index is 0.00000243. The van der Waals surface area contributed by atoms with Gasteiger partial charge in [0.15, 0.2) is 18.9 Å². The second-order valence-corrected chi connectivity index (χ2v) is 6.55. The topological polar surface area (TPSA) is 44.7 Å². The predicted molar refractivity (Wildman–Crippen MR) is 102 cm³/mol. The number of rotatable bonds is 7. The molecule has 26 heavy (non-hydrogen) atoms. The highest BCUT2D eigenvalue weighted by molar-refractivity contribution is 7.13. The Hall–Kier alpha value is -2.12. The number of azo groups is 1. The molecule has 2 heterocycles. The van der Waals surface area contributed by atoms with E-state index in [2.05, 4.69) is 75.2 Å². The van der Waals surface area contributed by atoms with E-state index in [0.717, 1.165) is 30.9 Å². The molecule has 7 heteroatoms. The molecule has 0 atom stereocenters. The van der Waals surface area contributed by atoms with E-state index in [1.54, 1.807) is 6.20 Å². The van der Waals surface area contributed by atoms with E-state index in [1.165, 1.54) is 17.0 Å². The molecule has 0 bridgehead atoms. The van der Waals surface area contributed by atoms with E-state index in [1.807, 2.05) is 17.5 Å². The van der Waals surface area contributed by atoms with Gasteiger partial charge in [-0.3, -0.25) is 0 Å². The lowest BCUT2D eigenvalue weighted by molar-refractivity contribution is -0.694. The van der Waals surface area contributed by atoms with Crippen molar-refractivity contribution in [3.63, 3.8) is 0 Å². The van der Waals surface area contributed by atoms with Crippen LogP contribution in [0.3, 0.4) is 0 Å². The highest BCUT2D eigenvalue weighted by atomic mass is 79.9. The Labute approximate surface area is 168 Å². The first-order valence-electron chi connectivity index (χ1n) is 8.37. The summed E-state index contributed by atoms with van der Waals surface area (Å²) >= 11 is 1.48. The lowest BCUT2D eigenvalue weighted by Gasteiger charge is -2.22. The van der Waals surface area contributed by atoms with Gasteiger partial charge in [-0.15, -0.1) is 21.6 Å². The zero-order chi connectivity index (χ0) is 17.5. The van der Waals surface area contributed by atoms with Crippen LogP contribution in [0.15, 0.2) is 70.6 Å². The van der Waals surface area contributed by atoms with Gasteiger partial charge in [-0.1, -0.05) is 6.07 Å². The lowest BCUT2D eigenvalue weighted by Crippen LogP contribution is -3.00. The molecular weight excluding hydrogens is 410 g/mol. The Morgan fingerprint density at radius 3 is 2.62 bits per heavy atom. The highest BCUT2D eigenvalue weighted by Crippen LogP contribution is 2.27. The minimum atomic E-state index is 0. The summed E-state index contributed by atoms with van der Waals surface area (Å²) in [5.74, 6) is 0. The van der Waals surface area contributed by atoms with Gasteiger partial charge in [0.2, 0.25) is 5.13 Å². The maximum atomic E-state index is 4.32. The van der Waals surface area contributed by atoms with Gasteiger partial charge in [-0.05, 0) is 37.6 Å². The monoisotopic (exact) mass is 431 g/mol. The standard InChI is InChI=1S/C19H22N5S.BrH/c1-3-24(13-12-23-10-5-4-6-11-23)17-7-8-18(16(2)15-17)21-22-19-20-9-14-25-19;/h4-11,14-15H,3,12-13H2,1-2H3;1H/q+1;/p-1/b22-21+;. The van der Waals surface area contributed by atoms with Crippen LogP contribution in [0.25, 0.3) is 0 Å². The van der Waals surface area contributed by atoms with Crippen LogP contribution >= 0.6 is 11.3 Å². The fourth-order valence-corrected chi connectivity index (χ4v) is 3.05. The molecular formula is C19H22BrN5S. The first kappa shape index (κ1) is 20.2. The van der Waals surface area contributed by atoms with Crippen molar-refractivity contribution in [2.45, 2.75) is 20.4 Å². The summed E-state index contributed by atoms with van der Waals surface area (Å²) in [5, 5.41) is 11.1. The van der Waals surface area contributed by atoms with Crippen LogP contribution in [0.1, 0.15) is 12.5 Å². The second-order valence-electron chi connectivity index (χ2n) is 5.68. The van der Waals surface area contributed by atoms with Crippen molar-refractivity contribution >= 4 is 27.8 Å². The van der Waals surface area contributed by atoms with Crippen molar-refractivity contribution in [3.05, 3.63) is 65.9 Å². The van der Waals surface area contributed by atoms with Crippen molar-refractivity contribution < 1.29 is 21.5 Å². The van der Waals surface area contributed by atoms with E-state index < -0.39 is 0 Å². The molecule has 1 aromatic carbocycles. The minimum Gasteiger partial charge on any atom is -1.00 e. The van der Waals surface area contributed by atoms with Gasteiger partial charge in [-0.2, -0.15) is 0 Å². The first-order valence-corrected chi connectivity index (χ1v) is 9.25. The maximum Gasteiger partial charge on any atom is 0.229 e. The molecule has 0 saturated carbocycles. The number of thiazole rings is 1. The van der Waals surface area contributed by atoms with Crippen molar-refractivity contribution in [1.82, 2.24) is 4.98 Å². The molecule has 0 aliphatic heterocycles. The number of benzene rings is 1. The Kier molecular flexibility index (Phi) is 7.87. The largest absolute Gasteiger partial charge is 1.00 e. The summed E-state index contributed by atoms with van der Waals surface area (Å²) in [4.78, 5) is 6.49. The normalized spacial score (nSPS) is 10.7. The Bertz CT molecular complexity index is 821. The summed E-state index contributed by atoms with van der Waals surface area (Å²) in [6, 6.07) is 12.5. The van der Waals surface area contributed by atoms with Crippen molar-refractivity contribution in [3.8, 4) is 0 Å². The van der Waals surface area contributed by atoms with E-state index in [4.69, 9.17) is 0 Å². The van der Waals surface area contributed by atoms with E-state index >= 15 is 0 Å². The number of aryl methyl sites for hydroxylation is 1. The molecule has 5 nitrogen and oxygen atoms in total. The molecule has 0 aliphatic carbocycles. The molecule has 0 radical (unpaired) electrons. The number of likely N-dealkylation sites (N-methyl/N-ethyl adjacent to an activating group) is 1. The van der Waals surface area contributed by atoms with Crippen molar-refractivity contribution in [2.75, 3.05) is 18.0 Å². The number of aromatic nitrogens is 2. The lowest BCUT2D eigenvalue weighted by atomic mass is 10.1. The number of anilines is 1. The van der Waals surface area contributed by atoms with E-state index in [-0.39, 0.29) is 17.0 Å². The van der Waals surface area contributed by atoms with Crippen molar-refractivity contribution in [1.29, 1.82) is 0 Å². The quantitative estimate of drug-likeness (QED) is 0.421. The number of pyridine rings is 1. The van der Waals surface area contributed by atoms with Crippen LogP contribution in [-0.4, -0.2) is 18.1 Å². The summed E-state index contributed by atoms with van der Waals surface area (Å²) in [6.07, 6.45) is 5.93. The molecule has 0 amide bonds. The summed E-state index contributed by atoms with van der Waals surface area (Å²) in [5.41, 5.74) is 3.21. The third kappa shape index (κ3) is 5.44. The number of halogens is 1. The van der Waals surface area contributed by atoms with Gasteiger partial charge in [-0.25, -0.2) is 9.55 Å². The number of hydrogen-bond donors (Lipinski definition) is 0. The fourth-order valence-electron chi connectivity index (χ4n) is 2.60. The third-order valence-electron chi connectivity index (χ3n) is 4.00. The molecule has 0 spiro atoms. The molecule has 136 valence electrons. The van der Waals surface area contributed by atoms with Gasteiger partial charge >= 0.3 is 0 Å². The van der Waals surface area contributed by atoms with Crippen LogP contribution in [-0.2, 0) is 6.54 Å². The molecule has 3 rings (SSSR count). The first-order chi connectivity index (χ1) is 12.3. The second kappa shape index (κ2) is 10.1. The van der Waals surface area contributed by atoms with Gasteiger partial charge in [0, 0.05) is 35.9 Å².